The van der Waals surface area contributed by atoms with E-state index in [1.807, 2.05) is 21.7 Å². The predicted octanol–water partition coefficient (Wildman–Crippen LogP) is 4.10. The van der Waals surface area contributed by atoms with Gasteiger partial charge in [0.2, 0.25) is 5.91 Å². The molecule has 26 heavy (non-hydrogen) atoms. The molecule has 0 bridgehead atoms. The van der Waals surface area contributed by atoms with Gasteiger partial charge < -0.3 is 9.80 Å². The topological polar surface area (TPSA) is 36.4 Å². The Labute approximate surface area is 158 Å². The number of halogens is 4. The molecule has 1 fully saturated rings. The molecule has 0 atom stereocenters. The van der Waals surface area contributed by atoms with Gasteiger partial charge in [-0.15, -0.1) is 0 Å². The van der Waals surface area contributed by atoms with Crippen LogP contribution in [0.2, 0.25) is 5.02 Å². The Hall–Kier alpha value is -1.80. The fourth-order valence-electron chi connectivity index (χ4n) is 2.83. The van der Waals surface area contributed by atoms with Gasteiger partial charge in [0.25, 0.3) is 0 Å². The molecule has 2 aromatic heterocycles. The number of alkyl halides is 3. The van der Waals surface area contributed by atoms with E-state index < -0.39 is 11.7 Å². The molecule has 0 N–H and O–H groups in total. The maximum Gasteiger partial charge on any atom is 0.417 e. The van der Waals surface area contributed by atoms with E-state index in [9.17, 15) is 18.0 Å². The van der Waals surface area contributed by atoms with Gasteiger partial charge in [0.15, 0.2) is 0 Å². The van der Waals surface area contributed by atoms with Crippen LogP contribution in [0.5, 0.6) is 0 Å². The standard InChI is InChI=1S/C17H17ClF3N3OS/c18-14-9-13(17(19,20)21)10-22-16(14)24-6-4-23(5-7-24)15(25)2-1-12-3-8-26-11-12/h3,8-11H,1-2,4-7H2. The van der Waals surface area contributed by atoms with E-state index >= 15 is 0 Å². The Morgan fingerprint density at radius 1 is 1.27 bits per heavy atom. The summed E-state index contributed by atoms with van der Waals surface area (Å²) in [5, 5.41) is 3.99. The number of pyridine rings is 1. The number of hydrogen-bond acceptors (Lipinski definition) is 4. The van der Waals surface area contributed by atoms with Crippen molar-refractivity contribution in [1.82, 2.24) is 9.88 Å². The Kier molecular flexibility index (Phi) is 5.72. The molecule has 1 aliphatic heterocycles. The van der Waals surface area contributed by atoms with E-state index in [1.54, 1.807) is 16.2 Å². The SMILES string of the molecule is O=C(CCc1ccsc1)N1CCN(c2ncc(C(F)(F)F)cc2Cl)CC1. The largest absolute Gasteiger partial charge is 0.417 e. The van der Waals surface area contributed by atoms with Gasteiger partial charge in [-0.1, -0.05) is 11.6 Å². The highest BCUT2D eigenvalue weighted by molar-refractivity contribution is 7.07. The Morgan fingerprint density at radius 2 is 2.00 bits per heavy atom. The average molecular weight is 404 g/mol. The maximum atomic E-state index is 12.7. The minimum atomic E-state index is -4.47. The molecule has 0 aliphatic carbocycles. The number of amides is 1. The third-order valence-corrected chi connectivity index (χ3v) is 5.30. The van der Waals surface area contributed by atoms with Crippen molar-refractivity contribution in [3.63, 3.8) is 0 Å². The van der Waals surface area contributed by atoms with Crippen LogP contribution in [0.4, 0.5) is 19.0 Å². The monoisotopic (exact) mass is 403 g/mol. The van der Waals surface area contributed by atoms with E-state index in [4.69, 9.17) is 11.6 Å². The molecule has 0 aromatic carbocycles. The second-order valence-corrected chi connectivity index (χ2v) is 7.21. The normalized spacial score (nSPS) is 15.4. The second kappa shape index (κ2) is 7.84. The lowest BCUT2D eigenvalue weighted by Crippen LogP contribution is -2.49. The zero-order valence-corrected chi connectivity index (χ0v) is 15.4. The summed E-state index contributed by atoms with van der Waals surface area (Å²) in [5.74, 6) is 0.410. The molecule has 3 rings (SSSR count). The summed E-state index contributed by atoms with van der Waals surface area (Å²) < 4.78 is 38.1. The highest BCUT2D eigenvalue weighted by Crippen LogP contribution is 2.33. The van der Waals surface area contributed by atoms with Crippen molar-refractivity contribution in [1.29, 1.82) is 0 Å². The molecule has 1 saturated heterocycles. The number of piperazine rings is 1. The van der Waals surface area contributed by atoms with Gasteiger partial charge in [-0.2, -0.15) is 24.5 Å². The van der Waals surface area contributed by atoms with Gasteiger partial charge in [0, 0.05) is 38.8 Å². The van der Waals surface area contributed by atoms with E-state index in [0.29, 0.717) is 38.4 Å². The first-order chi connectivity index (χ1) is 12.3. The first-order valence-corrected chi connectivity index (χ1v) is 9.43. The number of nitrogens with zero attached hydrogens (tertiary/aromatic N) is 3. The van der Waals surface area contributed by atoms with Crippen LogP contribution in [-0.2, 0) is 17.4 Å². The molecule has 1 aliphatic rings. The average Bonchev–Trinajstić information content (AvgIpc) is 3.12. The molecule has 2 aromatic rings. The second-order valence-electron chi connectivity index (χ2n) is 6.03. The fourth-order valence-corrected chi connectivity index (χ4v) is 3.82. The number of rotatable bonds is 4. The van der Waals surface area contributed by atoms with Crippen LogP contribution in [-0.4, -0.2) is 42.0 Å². The zero-order chi connectivity index (χ0) is 18.7. The van der Waals surface area contributed by atoms with Gasteiger partial charge in [-0.25, -0.2) is 4.98 Å². The summed E-state index contributed by atoms with van der Waals surface area (Å²) in [6, 6.07) is 2.90. The number of thiophene rings is 1. The summed E-state index contributed by atoms with van der Waals surface area (Å²) in [4.78, 5) is 19.8. The number of carbonyl (C=O) groups is 1. The van der Waals surface area contributed by atoms with Crippen molar-refractivity contribution in [3.05, 3.63) is 45.2 Å². The third-order valence-electron chi connectivity index (χ3n) is 4.29. The minimum absolute atomic E-state index is 0.0305. The van der Waals surface area contributed by atoms with Gasteiger partial charge in [-0.05, 0) is 34.9 Å². The van der Waals surface area contributed by atoms with E-state index in [-0.39, 0.29) is 10.9 Å². The van der Waals surface area contributed by atoms with Gasteiger partial charge in [-0.3, -0.25) is 4.79 Å². The summed E-state index contributed by atoms with van der Waals surface area (Å²) in [6.07, 6.45) is -2.51. The molecule has 0 unspecified atom stereocenters. The molecular formula is C17H17ClF3N3OS. The summed E-state index contributed by atoms with van der Waals surface area (Å²) in [7, 11) is 0. The molecule has 9 heteroatoms. The third kappa shape index (κ3) is 4.48. The molecule has 0 saturated carbocycles. The van der Waals surface area contributed by atoms with Crippen molar-refractivity contribution in [2.75, 3.05) is 31.1 Å². The van der Waals surface area contributed by atoms with Crippen LogP contribution in [0.25, 0.3) is 0 Å². The van der Waals surface area contributed by atoms with E-state index in [0.717, 1.165) is 24.2 Å². The molecule has 0 radical (unpaired) electrons. The smallest absolute Gasteiger partial charge is 0.352 e. The van der Waals surface area contributed by atoms with Crippen molar-refractivity contribution >= 4 is 34.7 Å². The van der Waals surface area contributed by atoms with Crippen molar-refractivity contribution in [2.24, 2.45) is 0 Å². The number of aryl methyl sites for hydroxylation is 1. The van der Waals surface area contributed by atoms with Crippen LogP contribution < -0.4 is 4.90 Å². The quantitative estimate of drug-likeness (QED) is 0.771. The Bertz CT molecular complexity index is 759. The zero-order valence-electron chi connectivity index (χ0n) is 13.8. The first-order valence-electron chi connectivity index (χ1n) is 8.11. The molecule has 3 heterocycles. The van der Waals surface area contributed by atoms with Crippen LogP contribution in [0.1, 0.15) is 17.5 Å². The minimum Gasteiger partial charge on any atom is -0.352 e. The Balaban J connectivity index is 1.55. The molecule has 140 valence electrons. The lowest BCUT2D eigenvalue weighted by Gasteiger charge is -2.36. The van der Waals surface area contributed by atoms with Gasteiger partial charge in [0.05, 0.1) is 10.6 Å². The number of hydrogen-bond donors (Lipinski definition) is 0. The van der Waals surface area contributed by atoms with Crippen molar-refractivity contribution in [3.8, 4) is 0 Å². The number of aromatic nitrogens is 1. The van der Waals surface area contributed by atoms with Gasteiger partial charge >= 0.3 is 6.18 Å². The van der Waals surface area contributed by atoms with Crippen molar-refractivity contribution in [2.45, 2.75) is 19.0 Å². The highest BCUT2D eigenvalue weighted by atomic mass is 35.5. The number of carbonyl (C=O) groups excluding carboxylic acids is 1. The predicted molar refractivity (Wildman–Crippen MR) is 95.7 cm³/mol. The molecule has 4 nitrogen and oxygen atoms in total. The first kappa shape index (κ1) is 19.0. The maximum absolute atomic E-state index is 12.7. The van der Waals surface area contributed by atoms with Crippen LogP contribution in [0.3, 0.4) is 0 Å². The summed E-state index contributed by atoms with van der Waals surface area (Å²) in [5.41, 5.74) is 0.288. The van der Waals surface area contributed by atoms with Crippen LogP contribution >= 0.6 is 22.9 Å². The van der Waals surface area contributed by atoms with Gasteiger partial charge in [0.1, 0.15) is 5.82 Å². The summed E-state index contributed by atoms with van der Waals surface area (Å²) in [6.45, 7) is 1.98. The van der Waals surface area contributed by atoms with E-state index in [2.05, 4.69) is 4.98 Å². The molecule has 1 amide bonds. The van der Waals surface area contributed by atoms with Crippen LogP contribution in [0, 0.1) is 0 Å². The van der Waals surface area contributed by atoms with E-state index in [1.165, 1.54) is 0 Å². The number of anilines is 1. The van der Waals surface area contributed by atoms with Crippen LogP contribution in [0.15, 0.2) is 29.1 Å². The lowest BCUT2D eigenvalue weighted by atomic mass is 10.1. The lowest BCUT2D eigenvalue weighted by molar-refractivity contribution is -0.137. The molecule has 0 spiro atoms. The highest BCUT2D eigenvalue weighted by Gasteiger charge is 2.32. The summed E-state index contributed by atoms with van der Waals surface area (Å²) >= 11 is 7.60. The Morgan fingerprint density at radius 3 is 2.58 bits per heavy atom. The van der Waals surface area contributed by atoms with Crippen molar-refractivity contribution < 1.29 is 18.0 Å². The molecular weight excluding hydrogens is 387 g/mol. The fraction of sp³-hybridized carbons (Fsp3) is 0.412.